The molecule has 0 saturated carbocycles. The van der Waals surface area contributed by atoms with Gasteiger partial charge in [0.1, 0.15) is 5.69 Å². The normalized spacial score (nSPS) is 11.6. The van der Waals surface area contributed by atoms with Gasteiger partial charge in [0.05, 0.1) is 30.6 Å². The summed E-state index contributed by atoms with van der Waals surface area (Å²) in [7, 11) is 1.47. The van der Waals surface area contributed by atoms with Gasteiger partial charge in [-0.05, 0) is 17.7 Å². The van der Waals surface area contributed by atoms with Crippen LogP contribution in [0.15, 0.2) is 46.9 Å². The Morgan fingerprint density at radius 1 is 1.36 bits per heavy atom. The molecule has 9 nitrogen and oxygen atoms in total. The molecule has 0 aliphatic carbocycles. The maximum atomic E-state index is 10.5. The minimum absolute atomic E-state index is 0.00631. The molecule has 22 heavy (non-hydrogen) atoms. The number of nitrogens with zero attached hydrogens (tertiary/aromatic N) is 5. The number of amidine groups is 1. The van der Waals surface area contributed by atoms with E-state index in [2.05, 4.69) is 20.2 Å². The summed E-state index contributed by atoms with van der Waals surface area (Å²) < 4.78 is 4.93. The second kappa shape index (κ2) is 6.88. The molecule has 1 aromatic carbocycles. The number of benzene rings is 1. The lowest BCUT2D eigenvalue weighted by Crippen LogP contribution is -2.15. The fraction of sp³-hybridized carbons (Fsp3) is 0.0769. The summed E-state index contributed by atoms with van der Waals surface area (Å²) in [5, 5.41) is 18.1. The highest BCUT2D eigenvalue weighted by molar-refractivity contribution is 5.95. The number of aromatic nitrogens is 2. The zero-order chi connectivity index (χ0) is 15.9. The first kappa shape index (κ1) is 15.0. The van der Waals surface area contributed by atoms with Gasteiger partial charge in [0.15, 0.2) is 5.84 Å². The van der Waals surface area contributed by atoms with E-state index in [1.54, 1.807) is 12.1 Å². The van der Waals surface area contributed by atoms with Crippen LogP contribution in [-0.2, 0) is 0 Å². The predicted octanol–water partition coefficient (Wildman–Crippen LogP) is 1.13. The molecule has 0 saturated heterocycles. The van der Waals surface area contributed by atoms with Gasteiger partial charge in [-0.15, -0.1) is 5.10 Å². The van der Waals surface area contributed by atoms with E-state index < -0.39 is 4.92 Å². The summed E-state index contributed by atoms with van der Waals surface area (Å²) in [6.07, 6.45) is 4.30. The number of nitrogens with two attached hydrogens (primary N) is 1. The molecule has 2 N–H and O–H groups in total. The van der Waals surface area contributed by atoms with Gasteiger partial charge in [-0.25, -0.2) is 4.98 Å². The summed E-state index contributed by atoms with van der Waals surface area (Å²) in [4.78, 5) is 18.0. The lowest BCUT2D eigenvalue weighted by Gasteiger charge is -2.00. The Labute approximate surface area is 125 Å². The van der Waals surface area contributed by atoms with Crippen LogP contribution in [0, 0.1) is 10.1 Å². The van der Waals surface area contributed by atoms with Crippen molar-refractivity contribution in [2.75, 3.05) is 7.11 Å². The Bertz CT molecular complexity index is 727. The maximum absolute atomic E-state index is 10.5. The van der Waals surface area contributed by atoms with Gasteiger partial charge in [0.25, 0.3) is 5.69 Å². The van der Waals surface area contributed by atoms with Crippen molar-refractivity contribution in [1.82, 2.24) is 9.97 Å². The fourth-order valence-corrected chi connectivity index (χ4v) is 1.46. The molecule has 1 aromatic heterocycles. The highest BCUT2D eigenvalue weighted by Crippen LogP contribution is 2.10. The number of non-ortho nitro benzene ring substituents is 1. The van der Waals surface area contributed by atoms with Crippen molar-refractivity contribution in [1.29, 1.82) is 0 Å². The second-order valence-corrected chi connectivity index (χ2v) is 4.03. The maximum Gasteiger partial charge on any atom is 0.269 e. The van der Waals surface area contributed by atoms with E-state index >= 15 is 0 Å². The van der Waals surface area contributed by atoms with E-state index in [9.17, 15) is 10.1 Å². The van der Waals surface area contributed by atoms with Crippen molar-refractivity contribution in [3.63, 3.8) is 0 Å². The second-order valence-electron chi connectivity index (χ2n) is 4.03. The lowest BCUT2D eigenvalue weighted by molar-refractivity contribution is -0.384. The highest BCUT2D eigenvalue weighted by atomic mass is 16.6. The fourth-order valence-electron chi connectivity index (χ4n) is 1.46. The predicted molar refractivity (Wildman–Crippen MR) is 80.0 cm³/mol. The van der Waals surface area contributed by atoms with Crippen LogP contribution in [0.1, 0.15) is 11.3 Å². The average molecular weight is 300 g/mol. The van der Waals surface area contributed by atoms with E-state index in [1.165, 1.54) is 37.9 Å². The van der Waals surface area contributed by atoms with Crippen LogP contribution in [0.2, 0.25) is 0 Å². The van der Waals surface area contributed by atoms with Crippen LogP contribution < -0.4 is 10.5 Å². The summed E-state index contributed by atoms with van der Waals surface area (Å²) in [5.74, 6) is 0.388. The molecule has 9 heteroatoms. The summed E-state index contributed by atoms with van der Waals surface area (Å²) in [6, 6.07) is 5.86. The van der Waals surface area contributed by atoms with Crippen molar-refractivity contribution in [3.05, 3.63) is 58.0 Å². The number of nitro groups is 1. The van der Waals surface area contributed by atoms with Crippen molar-refractivity contribution in [2.45, 2.75) is 0 Å². The highest BCUT2D eigenvalue weighted by Gasteiger charge is 2.04. The minimum atomic E-state index is -0.474. The van der Waals surface area contributed by atoms with Gasteiger partial charge in [0.2, 0.25) is 5.88 Å². The van der Waals surface area contributed by atoms with Gasteiger partial charge >= 0.3 is 0 Å². The first-order chi connectivity index (χ1) is 10.6. The quantitative estimate of drug-likeness (QED) is 0.381. The van der Waals surface area contributed by atoms with Gasteiger partial charge < -0.3 is 10.5 Å². The van der Waals surface area contributed by atoms with Crippen LogP contribution in [0.25, 0.3) is 0 Å². The third-order valence-corrected chi connectivity index (χ3v) is 2.56. The number of hydrogen-bond acceptors (Lipinski definition) is 7. The third-order valence-electron chi connectivity index (χ3n) is 2.56. The minimum Gasteiger partial charge on any atom is -0.480 e. The summed E-state index contributed by atoms with van der Waals surface area (Å²) in [6.45, 7) is 0. The molecular formula is C13H12N6O3. The van der Waals surface area contributed by atoms with E-state index in [1.807, 2.05) is 0 Å². The van der Waals surface area contributed by atoms with Crippen LogP contribution in [0.5, 0.6) is 5.88 Å². The van der Waals surface area contributed by atoms with Crippen LogP contribution >= 0.6 is 0 Å². The Morgan fingerprint density at radius 3 is 2.73 bits per heavy atom. The molecule has 2 rings (SSSR count). The van der Waals surface area contributed by atoms with Gasteiger partial charge in [-0.2, -0.15) is 5.10 Å². The smallest absolute Gasteiger partial charge is 0.269 e. The van der Waals surface area contributed by atoms with Crippen molar-refractivity contribution in [2.24, 2.45) is 15.9 Å². The van der Waals surface area contributed by atoms with Gasteiger partial charge in [-0.1, -0.05) is 0 Å². The first-order valence-corrected chi connectivity index (χ1v) is 6.07. The molecule has 112 valence electrons. The SMILES string of the molecule is COc1cncc(/C(N)=N/N=C/c2ccc([N+](=O)[O-])cc2)n1. The topological polar surface area (TPSA) is 129 Å². The molecule has 0 spiro atoms. The molecule has 0 aliphatic heterocycles. The van der Waals surface area contributed by atoms with Gasteiger partial charge in [-0.3, -0.25) is 15.1 Å². The Balaban J connectivity index is 2.10. The number of methoxy groups -OCH3 is 1. The van der Waals surface area contributed by atoms with Crippen LogP contribution in [0.4, 0.5) is 5.69 Å². The number of rotatable bonds is 5. The van der Waals surface area contributed by atoms with Crippen molar-refractivity contribution >= 4 is 17.7 Å². The van der Waals surface area contributed by atoms with Crippen LogP contribution in [-0.4, -0.2) is 34.1 Å². The molecule has 0 unspecified atom stereocenters. The molecule has 0 bridgehead atoms. The monoisotopic (exact) mass is 300 g/mol. The molecule has 0 fully saturated rings. The molecule has 0 atom stereocenters. The molecule has 2 aromatic rings. The molecule has 0 amide bonds. The van der Waals surface area contributed by atoms with Crippen LogP contribution in [0.3, 0.4) is 0 Å². The third kappa shape index (κ3) is 3.82. The Hall–Kier alpha value is -3.36. The Kier molecular flexibility index (Phi) is 4.70. The lowest BCUT2D eigenvalue weighted by atomic mass is 10.2. The number of nitro benzene ring substituents is 1. The number of hydrogen-bond donors (Lipinski definition) is 1. The van der Waals surface area contributed by atoms with E-state index in [0.29, 0.717) is 17.1 Å². The van der Waals surface area contributed by atoms with E-state index in [0.717, 1.165) is 0 Å². The van der Waals surface area contributed by atoms with E-state index in [-0.39, 0.29) is 11.5 Å². The largest absolute Gasteiger partial charge is 0.480 e. The van der Waals surface area contributed by atoms with Crippen molar-refractivity contribution < 1.29 is 9.66 Å². The summed E-state index contributed by atoms with van der Waals surface area (Å²) >= 11 is 0. The zero-order valence-corrected chi connectivity index (χ0v) is 11.6. The average Bonchev–Trinajstić information content (AvgIpc) is 2.55. The zero-order valence-electron chi connectivity index (χ0n) is 11.6. The molecule has 0 aliphatic rings. The standard InChI is InChI=1S/C13H12N6O3/c1-22-12-8-15-7-11(17-12)13(14)18-16-6-9-2-4-10(5-3-9)19(20)21/h2-8H,1H3,(H2,14,18)/b16-6+. The Morgan fingerprint density at radius 2 is 2.09 bits per heavy atom. The summed E-state index contributed by atoms with van der Waals surface area (Å²) in [5.41, 5.74) is 6.73. The van der Waals surface area contributed by atoms with Gasteiger partial charge in [0, 0.05) is 12.1 Å². The molecular weight excluding hydrogens is 288 g/mol. The molecule has 1 heterocycles. The van der Waals surface area contributed by atoms with Crippen molar-refractivity contribution in [3.8, 4) is 5.88 Å². The van der Waals surface area contributed by atoms with E-state index in [4.69, 9.17) is 10.5 Å². The first-order valence-electron chi connectivity index (χ1n) is 6.07. The molecule has 0 radical (unpaired) electrons. The number of ether oxygens (including phenoxy) is 1.